The van der Waals surface area contributed by atoms with Crippen molar-refractivity contribution in [1.82, 2.24) is 4.57 Å². The lowest BCUT2D eigenvalue weighted by atomic mass is 10.2. The highest BCUT2D eigenvalue weighted by Crippen LogP contribution is 2.25. The van der Waals surface area contributed by atoms with Crippen molar-refractivity contribution in [3.05, 3.63) is 36.0 Å². The maximum Gasteiger partial charge on any atom is 0.218 e. The smallest absolute Gasteiger partial charge is 0.218 e. The average molecular weight is 288 g/mol. The van der Waals surface area contributed by atoms with E-state index in [1.807, 2.05) is 11.8 Å². The van der Waals surface area contributed by atoms with Gasteiger partial charge in [0.2, 0.25) is 5.90 Å². The summed E-state index contributed by atoms with van der Waals surface area (Å²) >= 11 is 1.87. The summed E-state index contributed by atoms with van der Waals surface area (Å²) in [5.74, 6) is 1.96. The molecule has 106 valence electrons. The van der Waals surface area contributed by atoms with Crippen LogP contribution in [0.25, 0.3) is 10.9 Å². The molecule has 1 atom stereocenters. The minimum Gasteiger partial charge on any atom is -0.475 e. The number of fused-ring (bicyclic) bond motifs is 1. The molecule has 1 aromatic heterocycles. The maximum atomic E-state index is 5.84. The summed E-state index contributed by atoms with van der Waals surface area (Å²) in [6.07, 6.45) is 5.40. The van der Waals surface area contributed by atoms with E-state index in [2.05, 4.69) is 48.2 Å². The summed E-state index contributed by atoms with van der Waals surface area (Å²) in [5, 5.41) is 1.23. The van der Waals surface area contributed by atoms with Gasteiger partial charge in [-0.25, -0.2) is 4.99 Å². The van der Waals surface area contributed by atoms with Gasteiger partial charge in [-0.3, -0.25) is 0 Å². The second-order valence-corrected chi connectivity index (χ2v) is 6.01. The van der Waals surface area contributed by atoms with E-state index in [1.165, 1.54) is 10.9 Å². The van der Waals surface area contributed by atoms with Gasteiger partial charge in [-0.05, 0) is 31.4 Å². The Morgan fingerprint density at radius 1 is 1.40 bits per heavy atom. The standard InChI is InChI=1S/C16H20N2OS/c1-3-18-10-14(13-6-4-5-7-15(13)18)16-17-12(11-19-16)8-9-20-2/h4-7,10,12H,3,8-9,11H2,1-2H3/t12-/m0/s1. The molecule has 1 aromatic carbocycles. The molecule has 0 spiro atoms. The van der Waals surface area contributed by atoms with E-state index < -0.39 is 0 Å². The number of ether oxygens (including phenoxy) is 1. The number of benzene rings is 1. The molecule has 1 aliphatic heterocycles. The molecule has 0 amide bonds. The number of hydrogen-bond donors (Lipinski definition) is 0. The number of rotatable bonds is 5. The predicted molar refractivity (Wildman–Crippen MR) is 86.9 cm³/mol. The second-order valence-electron chi connectivity index (χ2n) is 5.03. The first-order chi connectivity index (χ1) is 9.83. The Kier molecular flexibility index (Phi) is 4.01. The first-order valence-electron chi connectivity index (χ1n) is 7.11. The Morgan fingerprint density at radius 2 is 2.25 bits per heavy atom. The van der Waals surface area contributed by atoms with E-state index in [0.717, 1.165) is 36.8 Å². The van der Waals surface area contributed by atoms with Crippen molar-refractivity contribution in [2.45, 2.75) is 25.9 Å². The molecule has 0 aliphatic carbocycles. The fourth-order valence-electron chi connectivity index (χ4n) is 2.64. The zero-order valence-corrected chi connectivity index (χ0v) is 12.8. The van der Waals surface area contributed by atoms with Crippen molar-refractivity contribution in [2.24, 2.45) is 4.99 Å². The van der Waals surface area contributed by atoms with Gasteiger partial charge < -0.3 is 9.30 Å². The van der Waals surface area contributed by atoms with Crippen molar-refractivity contribution in [3.8, 4) is 0 Å². The SMILES string of the molecule is CCn1cc(C2=N[C@@H](CCSC)CO2)c2ccccc21. The molecule has 3 nitrogen and oxygen atoms in total. The molecule has 0 unspecified atom stereocenters. The van der Waals surface area contributed by atoms with Gasteiger partial charge in [0.15, 0.2) is 0 Å². The number of thioether (sulfide) groups is 1. The van der Waals surface area contributed by atoms with E-state index in [4.69, 9.17) is 9.73 Å². The number of aryl methyl sites for hydroxylation is 1. The quantitative estimate of drug-likeness (QED) is 0.841. The monoisotopic (exact) mass is 288 g/mol. The number of aliphatic imine (C=N–C) groups is 1. The van der Waals surface area contributed by atoms with E-state index in [-0.39, 0.29) is 0 Å². The normalized spacial score (nSPS) is 18.3. The number of para-hydroxylation sites is 1. The van der Waals surface area contributed by atoms with Gasteiger partial charge in [0.25, 0.3) is 0 Å². The fourth-order valence-corrected chi connectivity index (χ4v) is 3.15. The number of hydrogen-bond acceptors (Lipinski definition) is 3. The van der Waals surface area contributed by atoms with Crippen LogP contribution in [-0.2, 0) is 11.3 Å². The van der Waals surface area contributed by atoms with Crippen molar-refractivity contribution in [1.29, 1.82) is 0 Å². The lowest BCUT2D eigenvalue weighted by Crippen LogP contribution is -2.07. The van der Waals surface area contributed by atoms with Gasteiger partial charge in [0.05, 0.1) is 11.6 Å². The Balaban J connectivity index is 1.95. The first kappa shape index (κ1) is 13.6. The molecule has 0 saturated heterocycles. The molecule has 1 aliphatic rings. The molecule has 20 heavy (non-hydrogen) atoms. The largest absolute Gasteiger partial charge is 0.475 e. The average Bonchev–Trinajstić information content (AvgIpc) is 3.09. The second kappa shape index (κ2) is 5.92. The molecule has 2 aromatic rings. The minimum atomic E-state index is 0.321. The topological polar surface area (TPSA) is 26.5 Å². The number of nitrogens with zero attached hydrogens (tertiary/aromatic N) is 2. The van der Waals surface area contributed by atoms with Gasteiger partial charge in [0, 0.05) is 23.6 Å². The zero-order valence-electron chi connectivity index (χ0n) is 12.0. The first-order valence-corrected chi connectivity index (χ1v) is 8.50. The van der Waals surface area contributed by atoms with E-state index in [0.29, 0.717) is 6.04 Å². The Hall–Kier alpha value is -1.42. The highest BCUT2D eigenvalue weighted by atomic mass is 32.2. The van der Waals surface area contributed by atoms with Crippen LogP contribution in [0.3, 0.4) is 0 Å². The summed E-state index contributed by atoms with van der Waals surface area (Å²) in [6.45, 7) is 3.85. The van der Waals surface area contributed by atoms with E-state index in [1.54, 1.807) is 0 Å². The van der Waals surface area contributed by atoms with E-state index in [9.17, 15) is 0 Å². The van der Waals surface area contributed by atoms with Crippen LogP contribution in [0, 0.1) is 0 Å². The summed E-state index contributed by atoms with van der Waals surface area (Å²) < 4.78 is 8.10. The highest BCUT2D eigenvalue weighted by molar-refractivity contribution is 7.98. The molecule has 0 bridgehead atoms. The predicted octanol–water partition coefficient (Wildman–Crippen LogP) is 3.56. The zero-order chi connectivity index (χ0) is 13.9. The molecule has 0 fully saturated rings. The summed E-state index contributed by atoms with van der Waals surface area (Å²) in [7, 11) is 0. The third-order valence-electron chi connectivity index (χ3n) is 3.73. The van der Waals surface area contributed by atoms with Crippen LogP contribution in [0.2, 0.25) is 0 Å². The lowest BCUT2D eigenvalue weighted by Gasteiger charge is -2.01. The van der Waals surface area contributed by atoms with Crippen LogP contribution in [-0.4, -0.2) is 35.1 Å². The third kappa shape index (κ3) is 2.44. The van der Waals surface area contributed by atoms with Crippen LogP contribution in [0.15, 0.2) is 35.5 Å². The van der Waals surface area contributed by atoms with Crippen molar-refractivity contribution >= 4 is 28.6 Å². The Labute approximate surface area is 124 Å². The maximum absolute atomic E-state index is 5.84. The van der Waals surface area contributed by atoms with Crippen LogP contribution in [0.1, 0.15) is 18.9 Å². The molecule has 3 rings (SSSR count). The van der Waals surface area contributed by atoms with E-state index >= 15 is 0 Å². The minimum absolute atomic E-state index is 0.321. The van der Waals surface area contributed by atoms with Gasteiger partial charge in [-0.2, -0.15) is 11.8 Å². The van der Waals surface area contributed by atoms with Crippen LogP contribution in [0.4, 0.5) is 0 Å². The van der Waals surface area contributed by atoms with Crippen LogP contribution in [0.5, 0.6) is 0 Å². The number of aromatic nitrogens is 1. The van der Waals surface area contributed by atoms with Gasteiger partial charge in [-0.15, -0.1) is 0 Å². The summed E-state index contributed by atoms with van der Waals surface area (Å²) in [6, 6.07) is 8.78. The molecule has 0 radical (unpaired) electrons. The molecule has 4 heteroatoms. The molecule has 0 N–H and O–H groups in total. The third-order valence-corrected chi connectivity index (χ3v) is 4.37. The van der Waals surface area contributed by atoms with Gasteiger partial charge in [-0.1, -0.05) is 18.2 Å². The molecule has 2 heterocycles. The van der Waals surface area contributed by atoms with Gasteiger partial charge in [0.1, 0.15) is 6.61 Å². The van der Waals surface area contributed by atoms with Crippen molar-refractivity contribution in [2.75, 3.05) is 18.6 Å². The Bertz CT molecular complexity index is 632. The highest BCUT2D eigenvalue weighted by Gasteiger charge is 2.22. The Morgan fingerprint density at radius 3 is 3.05 bits per heavy atom. The van der Waals surface area contributed by atoms with Crippen molar-refractivity contribution in [3.63, 3.8) is 0 Å². The fraction of sp³-hybridized carbons (Fsp3) is 0.438. The van der Waals surface area contributed by atoms with Crippen molar-refractivity contribution < 1.29 is 4.74 Å². The summed E-state index contributed by atoms with van der Waals surface area (Å²) in [4.78, 5) is 4.76. The van der Waals surface area contributed by atoms with Crippen LogP contribution < -0.4 is 0 Å². The van der Waals surface area contributed by atoms with Gasteiger partial charge >= 0.3 is 0 Å². The molecular formula is C16H20N2OS. The summed E-state index contributed by atoms with van der Waals surface area (Å²) in [5.41, 5.74) is 2.39. The molecule has 0 saturated carbocycles. The lowest BCUT2D eigenvalue weighted by molar-refractivity contribution is 0.316. The molecular weight excluding hydrogens is 268 g/mol. The van der Waals surface area contributed by atoms with Crippen LogP contribution >= 0.6 is 11.8 Å².